The molecule has 0 spiro atoms. The molecule has 1 amide bonds. The van der Waals surface area contributed by atoms with Crippen LogP contribution in [0.5, 0.6) is 0 Å². The molecular weight excluding hydrogens is 450 g/mol. The fourth-order valence-electron chi connectivity index (χ4n) is 4.33. The van der Waals surface area contributed by atoms with Crippen molar-refractivity contribution in [3.63, 3.8) is 0 Å². The van der Waals surface area contributed by atoms with Crippen molar-refractivity contribution >= 4 is 29.6 Å². The van der Waals surface area contributed by atoms with Crippen molar-refractivity contribution in [1.82, 2.24) is 15.3 Å². The Morgan fingerprint density at radius 2 is 1.80 bits per heavy atom. The maximum absolute atomic E-state index is 12.7. The quantitative estimate of drug-likeness (QED) is 0.407. The first kappa shape index (κ1) is 25.9. The molecule has 10 nitrogen and oxygen atoms in total. The molecule has 2 aromatic rings. The third kappa shape index (κ3) is 6.91. The molecule has 3 rings (SSSR count). The predicted octanol–water partition coefficient (Wildman–Crippen LogP) is 2.31. The summed E-state index contributed by atoms with van der Waals surface area (Å²) in [5, 5.41) is 2.67. The summed E-state index contributed by atoms with van der Waals surface area (Å²) < 4.78 is 9.94. The number of esters is 2. The van der Waals surface area contributed by atoms with Gasteiger partial charge in [0.05, 0.1) is 18.9 Å². The third-order valence-electron chi connectivity index (χ3n) is 6.03. The van der Waals surface area contributed by atoms with Crippen LogP contribution >= 0.6 is 0 Å². The van der Waals surface area contributed by atoms with E-state index in [0.717, 1.165) is 42.5 Å². The van der Waals surface area contributed by atoms with Gasteiger partial charge in [0.2, 0.25) is 5.95 Å². The molecule has 0 radical (unpaired) electrons. The summed E-state index contributed by atoms with van der Waals surface area (Å²) in [6.07, 6.45) is 3.59. The van der Waals surface area contributed by atoms with Gasteiger partial charge < -0.3 is 26.3 Å². The van der Waals surface area contributed by atoms with Gasteiger partial charge >= 0.3 is 11.9 Å². The van der Waals surface area contributed by atoms with Crippen LogP contribution < -0.4 is 16.8 Å². The Labute approximate surface area is 204 Å². The molecule has 0 bridgehead atoms. The second-order valence-electron chi connectivity index (χ2n) is 8.42. The van der Waals surface area contributed by atoms with E-state index >= 15 is 0 Å². The fourth-order valence-corrected chi connectivity index (χ4v) is 4.33. The van der Waals surface area contributed by atoms with Gasteiger partial charge in [0.15, 0.2) is 0 Å². The lowest BCUT2D eigenvalue weighted by Gasteiger charge is -2.17. The number of amides is 1. The number of ether oxygens (including phenoxy) is 2. The number of carbonyl (C=O) groups excluding carboxylic acids is 3. The van der Waals surface area contributed by atoms with Gasteiger partial charge in [0.1, 0.15) is 11.9 Å². The van der Waals surface area contributed by atoms with Crippen molar-refractivity contribution in [2.75, 3.05) is 24.7 Å². The van der Waals surface area contributed by atoms with Crippen molar-refractivity contribution in [3.05, 3.63) is 46.6 Å². The largest absolute Gasteiger partial charge is 0.466 e. The van der Waals surface area contributed by atoms with Crippen LogP contribution in [-0.4, -0.2) is 47.1 Å². The van der Waals surface area contributed by atoms with Gasteiger partial charge in [-0.05, 0) is 69.6 Å². The maximum atomic E-state index is 12.7. The molecule has 1 aromatic carbocycles. The molecule has 1 unspecified atom stereocenters. The number of nitrogens with zero attached hydrogens (tertiary/aromatic N) is 2. The van der Waals surface area contributed by atoms with Crippen LogP contribution in [0.25, 0.3) is 0 Å². The molecule has 1 aliphatic carbocycles. The minimum absolute atomic E-state index is 0.00296. The summed E-state index contributed by atoms with van der Waals surface area (Å²) in [4.78, 5) is 45.1. The summed E-state index contributed by atoms with van der Waals surface area (Å²) in [5.41, 5.74) is 15.2. The number of carbonyl (C=O) groups is 3. The molecule has 188 valence electrons. The maximum Gasteiger partial charge on any atom is 0.328 e. The molecule has 1 aromatic heterocycles. The Morgan fingerprint density at radius 3 is 2.49 bits per heavy atom. The molecule has 1 aliphatic rings. The van der Waals surface area contributed by atoms with Gasteiger partial charge in [0, 0.05) is 17.5 Å². The Morgan fingerprint density at radius 1 is 1.09 bits per heavy atom. The van der Waals surface area contributed by atoms with Crippen LogP contribution in [-0.2, 0) is 31.9 Å². The molecule has 5 N–H and O–H groups in total. The van der Waals surface area contributed by atoms with E-state index in [1.165, 1.54) is 0 Å². The topological polar surface area (TPSA) is 160 Å². The number of nitrogen functional groups attached to an aromatic ring is 2. The van der Waals surface area contributed by atoms with Gasteiger partial charge in [-0.3, -0.25) is 9.59 Å². The highest BCUT2D eigenvalue weighted by Gasteiger charge is 2.27. The SMILES string of the molecule is CCOC(=O)CC[C@H](NC(=O)c1ccc(CCC2CCc3nc(N)nc(N)c32)cc1)C(=O)OCC. The molecule has 35 heavy (non-hydrogen) atoms. The van der Waals surface area contributed by atoms with Crippen molar-refractivity contribution in [1.29, 1.82) is 0 Å². The highest BCUT2D eigenvalue weighted by Crippen LogP contribution is 2.38. The predicted molar refractivity (Wildman–Crippen MR) is 130 cm³/mol. The molecule has 1 heterocycles. The highest BCUT2D eigenvalue weighted by molar-refractivity contribution is 5.96. The van der Waals surface area contributed by atoms with Crippen LogP contribution in [0.1, 0.15) is 72.6 Å². The van der Waals surface area contributed by atoms with Crippen molar-refractivity contribution < 1.29 is 23.9 Å². The van der Waals surface area contributed by atoms with Crippen molar-refractivity contribution in [3.8, 4) is 0 Å². The van der Waals surface area contributed by atoms with Crippen LogP contribution in [0.15, 0.2) is 24.3 Å². The number of benzene rings is 1. The molecular formula is C25H33N5O5. The molecule has 10 heteroatoms. The van der Waals surface area contributed by atoms with Crippen LogP contribution in [0, 0.1) is 0 Å². The summed E-state index contributed by atoms with van der Waals surface area (Å²) >= 11 is 0. The Hall–Kier alpha value is -3.69. The van der Waals surface area contributed by atoms with Gasteiger partial charge in [-0.1, -0.05) is 12.1 Å². The molecule has 2 atom stereocenters. The summed E-state index contributed by atoms with van der Waals surface area (Å²) in [7, 11) is 0. The third-order valence-corrected chi connectivity index (χ3v) is 6.03. The second-order valence-corrected chi connectivity index (χ2v) is 8.42. The number of hydrogen-bond donors (Lipinski definition) is 3. The summed E-state index contributed by atoms with van der Waals surface area (Å²) in [6.45, 7) is 3.82. The number of nitrogens with two attached hydrogens (primary N) is 2. The Kier molecular flexibility index (Phi) is 8.99. The number of aryl methyl sites for hydroxylation is 2. The number of fused-ring (bicyclic) bond motifs is 1. The lowest BCUT2D eigenvalue weighted by Crippen LogP contribution is -2.42. The standard InChI is InChI=1S/C25H33N5O5/c1-3-34-20(31)14-13-19(24(33)35-4-2)28-23(32)17-9-6-15(7-10-17)5-8-16-11-12-18-21(16)22(26)30-25(27)29-18/h6-7,9-10,16,19H,3-5,8,11-14H2,1-2H3,(H,28,32)(H4,26,27,29,30)/t16?,19-/m0/s1. The minimum Gasteiger partial charge on any atom is -0.466 e. The molecule has 0 saturated carbocycles. The average Bonchev–Trinajstić information content (AvgIpc) is 3.24. The Balaban J connectivity index is 1.58. The lowest BCUT2D eigenvalue weighted by atomic mass is 9.94. The van der Waals surface area contributed by atoms with E-state index in [4.69, 9.17) is 20.9 Å². The second kappa shape index (κ2) is 12.1. The summed E-state index contributed by atoms with van der Waals surface area (Å²) in [6, 6.07) is 6.30. The average molecular weight is 484 g/mol. The van der Waals surface area contributed by atoms with E-state index < -0.39 is 23.9 Å². The smallest absolute Gasteiger partial charge is 0.328 e. The van der Waals surface area contributed by atoms with Gasteiger partial charge in [-0.15, -0.1) is 0 Å². The van der Waals surface area contributed by atoms with E-state index in [1.54, 1.807) is 26.0 Å². The van der Waals surface area contributed by atoms with E-state index in [2.05, 4.69) is 15.3 Å². The number of aromatic nitrogens is 2. The number of hydrogen-bond acceptors (Lipinski definition) is 9. The summed E-state index contributed by atoms with van der Waals surface area (Å²) in [5.74, 6) is -0.474. The molecule has 0 fully saturated rings. The number of rotatable bonds is 11. The zero-order valence-corrected chi connectivity index (χ0v) is 20.2. The van der Waals surface area contributed by atoms with E-state index in [9.17, 15) is 14.4 Å². The normalized spacial score (nSPS) is 15.2. The van der Waals surface area contributed by atoms with Gasteiger partial charge in [-0.25, -0.2) is 9.78 Å². The minimum atomic E-state index is -0.935. The monoisotopic (exact) mass is 483 g/mol. The van der Waals surface area contributed by atoms with E-state index in [-0.39, 0.29) is 37.9 Å². The van der Waals surface area contributed by atoms with Crippen LogP contribution in [0.2, 0.25) is 0 Å². The zero-order chi connectivity index (χ0) is 25.4. The fraction of sp³-hybridized carbons (Fsp3) is 0.480. The lowest BCUT2D eigenvalue weighted by molar-refractivity contribution is -0.146. The molecule has 0 saturated heterocycles. The van der Waals surface area contributed by atoms with E-state index in [0.29, 0.717) is 11.4 Å². The Bertz CT molecular complexity index is 1060. The van der Waals surface area contributed by atoms with Crippen LogP contribution in [0.4, 0.5) is 11.8 Å². The van der Waals surface area contributed by atoms with E-state index in [1.807, 2.05) is 12.1 Å². The first-order chi connectivity index (χ1) is 16.8. The zero-order valence-electron chi connectivity index (χ0n) is 20.2. The van der Waals surface area contributed by atoms with Crippen LogP contribution in [0.3, 0.4) is 0 Å². The van der Waals surface area contributed by atoms with Crippen molar-refractivity contribution in [2.45, 2.75) is 64.3 Å². The number of nitrogens with one attached hydrogen (secondary N) is 1. The molecule has 0 aliphatic heterocycles. The first-order valence-corrected chi connectivity index (χ1v) is 12.0. The van der Waals surface area contributed by atoms with Crippen molar-refractivity contribution in [2.24, 2.45) is 0 Å². The highest BCUT2D eigenvalue weighted by atomic mass is 16.5. The van der Waals surface area contributed by atoms with Gasteiger partial charge in [-0.2, -0.15) is 4.98 Å². The van der Waals surface area contributed by atoms with Gasteiger partial charge in [0.25, 0.3) is 5.91 Å². The number of anilines is 2. The first-order valence-electron chi connectivity index (χ1n) is 12.0.